The number of primary amides is 1. The SMILES string of the molecule is COc1ccc(S(=O)(=O)N2CCC(CN)CC2)cc1C(N)=O.Cl. The molecule has 1 heterocycles. The normalized spacial score (nSPS) is 16.6. The van der Waals surface area contributed by atoms with Crippen molar-refractivity contribution in [3.63, 3.8) is 0 Å². The lowest BCUT2D eigenvalue weighted by Crippen LogP contribution is -2.40. The number of methoxy groups -OCH3 is 1. The molecule has 2 rings (SSSR count). The average Bonchev–Trinajstić information content (AvgIpc) is 2.54. The number of carbonyl (C=O) groups excluding carboxylic acids is 1. The third-order valence-corrected chi connectivity index (χ3v) is 5.88. The van der Waals surface area contributed by atoms with E-state index in [4.69, 9.17) is 16.2 Å². The van der Waals surface area contributed by atoms with Gasteiger partial charge in [-0.3, -0.25) is 4.79 Å². The van der Waals surface area contributed by atoms with Crippen LogP contribution in [0.15, 0.2) is 23.1 Å². The highest BCUT2D eigenvalue weighted by Gasteiger charge is 2.29. The van der Waals surface area contributed by atoms with Crippen LogP contribution in [-0.2, 0) is 10.0 Å². The fraction of sp³-hybridized carbons (Fsp3) is 0.500. The molecule has 7 nitrogen and oxygen atoms in total. The number of nitrogens with two attached hydrogens (primary N) is 2. The number of hydrogen-bond donors (Lipinski definition) is 2. The van der Waals surface area contributed by atoms with Gasteiger partial charge in [0.25, 0.3) is 5.91 Å². The fourth-order valence-electron chi connectivity index (χ4n) is 2.57. The monoisotopic (exact) mass is 363 g/mol. The number of rotatable bonds is 5. The molecule has 1 aromatic carbocycles. The summed E-state index contributed by atoms with van der Waals surface area (Å²) < 4.78 is 31.8. The van der Waals surface area contributed by atoms with Gasteiger partial charge in [-0.15, -0.1) is 12.4 Å². The summed E-state index contributed by atoms with van der Waals surface area (Å²) in [5.41, 5.74) is 11.0. The lowest BCUT2D eigenvalue weighted by molar-refractivity contribution is 0.0997. The van der Waals surface area contributed by atoms with E-state index in [0.29, 0.717) is 25.6 Å². The molecule has 0 atom stereocenters. The Balaban J connectivity index is 0.00000264. The molecule has 0 spiro atoms. The number of hydrogen-bond acceptors (Lipinski definition) is 5. The highest BCUT2D eigenvalue weighted by Crippen LogP contribution is 2.27. The Morgan fingerprint density at radius 2 is 1.96 bits per heavy atom. The van der Waals surface area contributed by atoms with Crippen molar-refractivity contribution in [3.05, 3.63) is 23.8 Å². The molecular weight excluding hydrogens is 342 g/mol. The van der Waals surface area contributed by atoms with Gasteiger partial charge >= 0.3 is 0 Å². The third-order valence-electron chi connectivity index (χ3n) is 3.98. The van der Waals surface area contributed by atoms with Crippen LogP contribution in [0.25, 0.3) is 0 Å². The summed E-state index contributed by atoms with van der Waals surface area (Å²) in [4.78, 5) is 11.5. The number of ether oxygens (including phenoxy) is 1. The van der Waals surface area contributed by atoms with Crippen molar-refractivity contribution in [2.24, 2.45) is 17.4 Å². The van der Waals surface area contributed by atoms with Crippen LogP contribution in [0.3, 0.4) is 0 Å². The van der Waals surface area contributed by atoms with E-state index in [1.165, 1.54) is 29.6 Å². The number of benzene rings is 1. The molecular formula is C14H22ClN3O4S. The second-order valence-corrected chi connectivity index (χ2v) is 7.25. The van der Waals surface area contributed by atoms with Crippen molar-refractivity contribution in [2.45, 2.75) is 17.7 Å². The molecule has 1 aromatic rings. The lowest BCUT2D eigenvalue weighted by Gasteiger charge is -2.30. The van der Waals surface area contributed by atoms with Crippen molar-refractivity contribution in [1.29, 1.82) is 0 Å². The predicted molar refractivity (Wildman–Crippen MR) is 89.3 cm³/mol. The zero-order valence-corrected chi connectivity index (χ0v) is 14.5. The molecule has 0 radical (unpaired) electrons. The Hall–Kier alpha value is -1.35. The predicted octanol–water partition coefficient (Wildman–Crippen LogP) is 0.575. The highest BCUT2D eigenvalue weighted by molar-refractivity contribution is 7.89. The Bertz CT molecular complexity index is 658. The average molecular weight is 364 g/mol. The molecule has 1 aliphatic rings. The van der Waals surface area contributed by atoms with E-state index in [2.05, 4.69) is 0 Å². The van der Waals surface area contributed by atoms with Crippen LogP contribution in [0, 0.1) is 5.92 Å². The number of amides is 1. The quantitative estimate of drug-likeness (QED) is 0.793. The molecule has 0 aromatic heterocycles. The maximum Gasteiger partial charge on any atom is 0.252 e. The largest absolute Gasteiger partial charge is 0.496 e. The van der Waals surface area contributed by atoms with Crippen LogP contribution in [0.4, 0.5) is 0 Å². The van der Waals surface area contributed by atoms with E-state index in [1.54, 1.807) is 0 Å². The Morgan fingerprint density at radius 3 is 2.43 bits per heavy atom. The summed E-state index contributed by atoms with van der Waals surface area (Å²) in [5.74, 6) is -0.104. The smallest absolute Gasteiger partial charge is 0.252 e. The maximum atomic E-state index is 12.7. The van der Waals surface area contributed by atoms with E-state index in [9.17, 15) is 13.2 Å². The van der Waals surface area contributed by atoms with E-state index in [-0.39, 0.29) is 28.6 Å². The summed E-state index contributed by atoms with van der Waals surface area (Å²) in [6.45, 7) is 1.44. The zero-order valence-electron chi connectivity index (χ0n) is 12.9. The second kappa shape index (κ2) is 7.96. The summed E-state index contributed by atoms with van der Waals surface area (Å²) in [6.07, 6.45) is 1.49. The number of piperidine rings is 1. The molecule has 9 heteroatoms. The van der Waals surface area contributed by atoms with Gasteiger partial charge in [0, 0.05) is 13.1 Å². The molecule has 23 heavy (non-hydrogen) atoms. The van der Waals surface area contributed by atoms with Crippen LogP contribution >= 0.6 is 12.4 Å². The van der Waals surface area contributed by atoms with Crippen LogP contribution in [0.5, 0.6) is 5.75 Å². The standard InChI is InChI=1S/C14H21N3O4S.ClH/c1-21-13-3-2-11(8-12(13)14(16)18)22(19,20)17-6-4-10(9-15)5-7-17;/h2-3,8,10H,4-7,9,15H2,1H3,(H2,16,18);1H. The molecule has 0 aliphatic carbocycles. The van der Waals surface area contributed by atoms with Gasteiger partial charge in [0.15, 0.2) is 0 Å². The summed E-state index contributed by atoms with van der Waals surface area (Å²) in [7, 11) is -2.25. The number of carbonyl (C=O) groups is 1. The highest BCUT2D eigenvalue weighted by atomic mass is 35.5. The second-order valence-electron chi connectivity index (χ2n) is 5.31. The first kappa shape index (κ1) is 19.7. The van der Waals surface area contributed by atoms with Gasteiger partial charge in [0.05, 0.1) is 17.6 Å². The Morgan fingerprint density at radius 1 is 1.35 bits per heavy atom. The minimum atomic E-state index is -3.65. The van der Waals surface area contributed by atoms with Crippen molar-refractivity contribution >= 4 is 28.3 Å². The first-order valence-electron chi connectivity index (χ1n) is 7.08. The van der Waals surface area contributed by atoms with Crippen LogP contribution in [0.2, 0.25) is 0 Å². The molecule has 1 saturated heterocycles. The lowest BCUT2D eigenvalue weighted by atomic mass is 9.99. The molecule has 130 valence electrons. The molecule has 1 aliphatic heterocycles. The van der Waals surface area contributed by atoms with Crippen LogP contribution < -0.4 is 16.2 Å². The van der Waals surface area contributed by atoms with Crippen LogP contribution in [0.1, 0.15) is 23.2 Å². The summed E-state index contributed by atoms with van der Waals surface area (Å²) >= 11 is 0. The maximum absolute atomic E-state index is 12.7. The van der Waals surface area contributed by atoms with Crippen molar-refractivity contribution in [3.8, 4) is 5.75 Å². The van der Waals surface area contributed by atoms with E-state index in [1.807, 2.05) is 0 Å². The minimum Gasteiger partial charge on any atom is -0.496 e. The van der Waals surface area contributed by atoms with Gasteiger partial charge in [-0.1, -0.05) is 0 Å². The van der Waals surface area contributed by atoms with Gasteiger partial charge < -0.3 is 16.2 Å². The van der Waals surface area contributed by atoms with Gasteiger partial charge in [-0.05, 0) is 43.5 Å². The van der Waals surface area contributed by atoms with E-state index < -0.39 is 15.9 Å². The van der Waals surface area contributed by atoms with Crippen molar-refractivity contribution < 1.29 is 17.9 Å². The Kier molecular flexibility index (Phi) is 6.82. The van der Waals surface area contributed by atoms with E-state index >= 15 is 0 Å². The molecule has 4 N–H and O–H groups in total. The number of sulfonamides is 1. The van der Waals surface area contributed by atoms with Crippen molar-refractivity contribution in [1.82, 2.24) is 4.31 Å². The number of nitrogens with zero attached hydrogens (tertiary/aromatic N) is 1. The van der Waals surface area contributed by atoms with Gasteiger partial charge in [0.2, 0.25) is 10.0 Å². The number of halogens is 1. The van der Waals surface area contributed by atoms with Gasteiger partial charge in [-0.25, -0.2) is 8.42 Å². The van der Waals surface area contributed by atoms with Crippen molar-refractivity contribution in [2.75, 3.05) is 26.7 Å². The minimum absolute atomic E-state index is 0. The first-order chi connectivity index (χ1) is 10.4. The van der Waals surface area contributed by atoms with Gasteiger partial charge in [0.1, 0.15) is 5.75 Å². The third kappa shape index (κ3) is 4.14. The topological polar surface area (TPSA) is 116 Å². The van der Waals surface area contributed by atoms with Crippen LogP contribution in [-0.4, -0.2) is 45.4 Å². The fourth-order valence-corrected chi connectivity index (χ4v) is 4.07. The molecule has 0 unspecified atom stereocenters. The summed E-state index contributed by atoms with van der Waals surface area (Å²) in [6, 6.07) is 4.14. The molecule has 0 saturated carbocycles. The molecule has 1 amide bonds. The first-order valence-corrected chi connectivity index (χ1v) is 8.52. The van der Waals surface area contributed by atoms with Gasteiger partial charge in [-0.2, -0.15) is 4.31 Å². The van der Waals surface area contributed by atoms with E-state index in [0.717, 1.165) is 12.8 Å². The Labute approximate surface area is 142 Å². The molecule has 1 fully saturated rings. The zero-order chi connectivity index (χ0) is 16.3. The summed E-state index contributed by atoms with van der Waals surface area (Å²) in [5, 5.41) is 0. The molecule has 0 bridgehead atoms.